The minimum absolute atomic E-state index is 0.298. The largest absolute Gasteiger partial charge is 0.327 e. The molecule has 0 saturated heterocycles. The van der Waals surface area contributed by atoms with E-state index in [0.717, 1.165) is 23.2 Å². The highest BCUT2D eigenvalue weighted by Crippen LogP contribution is 2.35. The van der Waals surface area contributed by atoms with Gasteiger partial charge in [-0.25, -0.2) is 9.97 Å². The van der Waals surface area contributed by atoms with E-state index in [9.17, 15) is 0 Å². The van der Waals surface area contributed by atoms with E-state index >= 15 is 0 Å². The summed E-state index contributed by atoms with van der Waals surface area (Å²) in [6.07, 6.45) is 6.72. The van der Waals surface area contributed by atoms with Crippen LogP contribution in [0.3, 0.4) is 0 Å². The van der Waals surface area contributed by atoms with Crippen molar-refractivity contribution in [2.75, 3.05) is 0 Å². The van der Waals surface area contributed by atoms with Gasteiger partial charge in [0.25, 0.3) is 0 Å². The molecule has 2 rings (SSSR count). The minimum atomic E-state index is 0.298. The van der Waals surface area contributed by atoms with E-state index in [4.69, 9.17) is 5.73 Å². The number of nitrogens with zero attached hydrogens (tertiary/aromatic N) is 2. The van der Waals surface area contributed by atoms with Crippen LogP contribution in [0.25, 0.3) is 0 Å². The Labute approximate surface area is 108 Å². The summed E-state index contributed by atoms with van der Waals surface area (Å²) in [5, 5.41) is 1.36. The molecule has 17 heavy (non-hydrogen) atoms. The third-order valence-electron chi connectivity index (χ3n) is 3.56. The quantitative estimate of drug-likeness (QED) is 0.839. The second kappa shape index (κ2) is 5.83. The number of hydrogen-bond donors (Lipinski definition) is 1. The molecule has 1 aromatic rings. The lowest BCUT2D eigenvalue weighted by atomic mass is 9.84. The maximum absolute atomic E-state index is 6.21. The van der Waals surface area contributed by atoms with E-state index < -0.39 is 0 Å². The SMILES string of the molecule is CCC1CCC(N)C(Sc2nccc(C)n2)C1. The molecule has 1 saturated carbocycles. The Bertz CT molecular complexity index is 369. The summed E-state index contributed by atoms with van der Waals surface area (Å²) < 4.78 is 0. The summed E-state index contributed by atoms with van der Waals surface area (Å²) in [5.74, 6) is 0.831. The lowest BCUT2D eigenvalue weighted by Gasteiger charge is -2.32. The Morgan fingerprint density at radius 3 is 3.00 bits per heavy atom. The van der Waals surface area contributed by atoms with Gasteiger partial charge in [0.05, 0.1) is 0 Å². The summed E-state index contributed by atoms with van der Waals surface area (Å²) in [6, 6.07) is 2.23. The first-order valence-corrected chi connectivity index (χ1v) is 7.29. The van der Waals surface area contributed by atoms with Crippen molar-refractivity contribution in [2.24, 2.45) is 11.7 Å². The molecule has 3 unspecified atom stereocenters. The van der Waals surface area contributed by atoms with Crippen molar-refractivity contribution >= 4 is 11.8 Å². The summed E-state index contributed by atoms with van der Waals surface area (Å²) in [5.41, 5.74) is 7.23. The van der Waals surface area contributed by atoms with Gasteiger partial charge < -0.3 is 5.73 Å². The van der Waals surface area contributed by atoms with Crippen LogP contribution in [0.4, 0.5) is 0 Å². The molecule has 0 aromatic carbocycles. The molecule has 1 aromatic heterocycles. The first-order chi connectivity index (χ1) is 8.19. The average Bonchev–Trinajstić information content (AvgIpc) is 2.32. The van der Waals surface area contributed by atoms with Crippen LogP contribution in [0.15, 0.2) is 17.4 Å². The predicted octanol–water partition coefficient (Wildman–Crippen LogP) is 2.78. The first kappa shape index (κ1) is 12.8. The summed E-state index contributed by atoms with van der Waals surface area (Å²) in [4.78, 5) is 8.76. The zero-order chi connectivity index (χ0) is 12.3. The van der Waals surface area contributed by atoms with Crippen LogP contribution < -0.4 is 5.73 Å². The highest BCUT2D eigenvalue weighted by Gasteiger charge is 2.28. The molecule has 1 aliphatic carbocycles. The van der Waals surface area contributed by atoms with Crippen molar-refractivity contribution in [3.8, 4) is 0 Å². The van der Waals surface area contributed by atoms with Gasteiger partial charge in [0, 0.05) is 23.2 Å². The molecule has 0 bridgehead atoms. The maximum Gasteiger partial charge on any atom is 0.188 e. The topological polar surface area (TPSA) is 51.8 Å². The summed E-state index contributed by atoms with van der Waals surface area (Å²) >= 11 is 1.76. The molecule has 1 fully saturated rings. The van der Waals surface area contributed by atoms with Gasteiger partial charge in [-0.3, -0.25) is 0 Å². The number of nitrogens with two attached hydrogens (primary N) is 1. The molecule has 94 valence electrons. The van der Waals surface area contributed by atoms with Crippen molar-refractivity contribution in [2.45, 2.75) is 56.0 Å². The Hall–Kier alpha value is -0.610. The third-order valence-corrected chi connectivity index (χ3v) is 4.81. The van der Waals surface area contributed by atoms with Gasteiger partial charge in [0.15, 0.2) is 5.16 Å². The first-order valence-electron chi connectivity index (χ1n) is 6.41. The monoisotopic (exact) mass is 251 g/mol. The molecular formula is C13H21N3S. The molecule has 0 aliphatic heterocycles. The van der Waals surface area contributed by atoms with E-state index in [0.29, 0.717) is 11.3 Å². The molecule has 3 atom stereocenters. The van der Waals surface area contributed by atoms with Gasteiger partial charge >= 0.3 is 0 Å². The third kappa shape index (κ3) is 3.42. The maximum atomic E-state index is 6.21. The van der Waals surface area contributed by atoms with Crippen LogP contribution in [0, 0.1) is 12.8 Å². The van der Waals surface area contributed by atoms with E-state index in [1.165, 1.54) is 19.3 Å². The van der Waals surface area contributed by atoms with Crippen molar-refractivity contribution in [3.05, 3.63) is 18.0 Å². The van der Waals surface area contributed by atoms with Crippen molar-refractivity contribution in [1.82, 2.24) is 9.97 Å². The fourth-order valence-electron chi connectivity index (χ4n) is 2.36. The summed E-state index contributed by atoms with van der Waals surface area (Å²) in [7, 11) is 0. The van der Waals surface area contributed by atoms with E-state index in [1.54, 1.807) is 11.8 Å². The number of thioether (sulfide) groups is 1. The Balaban J connectivity index is 2.01. The fraction of sp³-hybridized carbons (Fsp3) is 0.692. The van der Waals surface area contributed by atoms with Crippen LogP contribution >= 0.6 is 11.8 Å². The molecule has 2 N–H and O–H groups in total. The second-order valence-electron chi connectivity index (χ2n) is 4.89. The lowest BCUT2D eigenvalue weighted by Crippen LogP contribution is -2.38. The van der Waals surface area contributed by atoms with Crippen LogP contribution in [0.2, 0.25) is 0 Å². The van der Waals surface area contributed by atoms with Crippen LogP contribution in [-0.4, -0.2) is 21.3 Å². The number of hydrogen-bond acceptors (Lipinski definition) is 4. The number of aryl methyl sites for hydroxylation is 1. The molecule has 3 nitrogen and oxygen atoms in total. The van der Waals surface area contributed by atoms with Gasteiger partial charge in [-0.05, 0) is 38.2 Å². The zero-order valence-corrected chi connectivity index (χ0v) is 11.4. The molecule has 0 spiro atoms. The molecular weight excluding hydrogens is 230 g/mol. The Morgan fingerprint density at radius 1 is 1.47 bits per heavy atom. The Morgan fingerprint density at radius 2 is 2.29 bits per heavy atom. The molecule has 1 heterocycles. The standard InChI is InChI=1S/C13H21N3S/c1-3-10-4-5-11(14)12(8-10)17-13-15-7-6-9(2)16-13/h6-7,10-12H,3-5,8,14H2,1-2H3. The molecule has 0 radical (unpaired) electrons. The van der Waals surface area contributed by atoms with E-state index in [-0.39, 0.29) is 0 Å². The Kier molecular flexibility index (Phi) is 4.40. The smallest absolute Gasteiger partial charge is 0.188 e. The highest BCUT2D eigenvalue weighted by molar-refractivity contribution is 7.99. The zero-order valence-electron chi connectivity index (χ0n) is 10.6. The minimum Gasteiger partial charge on any atom is -0.327 e. The van der Waals surface area contributed by atoms with Gasteiger partial charge in [-0.15, -0.1) is 0 Å². The number of rotatable bonds is 3. The predicted molar refractivity (Wildman–Crippen MR) is 72.0 cm³/mol. The van der Waals surface area contributed by atoms with Gasteiger partial charge in [0.1, 0.15) is 0 Å². The van der Waals surface area contributed by atoms with Gasteiger partial charge in [-0.1, -0.05) is 25.1 Å². The van der Waals surface area contributed by atoms with Crippen molar-refractivity contribution in [1.29, 1.82) is 0 Å². The fourth-order valence-corrected chi connectivity index (χ4v) is 3.63. The molecule has 0 amide bonds. The normalized spacial score (nSPS) is 29.2. The molecule has 1 aliphatic rings. The second-order valence-corrected chi connectivity index (χ2v) is 6.09. The molecule has 4 heteroatoms. The highest BCUT2D eigenvalue weighted by atomic mass is 32.2. The lowest BCUT2D eigenvalue weighted by molar-refractivity contribution is 0.327. The van der Waals surface area contributed by atoms with Crippen LogP contribution in [-0.2, 0) is 0 Å². The van der Waals surface area contributed by atoms with Crippen LogP contribution in [0.1, 0.15) is 38.3 Å². The van der Waals surface area contributed by atoms with Crippen molar-refractivity contribution < 1.29 is 0 Å². The van der Waals surface area contributed by atoms with Crippen LogP contribution in [0.5, 0.6) is 0 Å². The van der Waals surface area contributed by atoms with Crippen molar-refractivity contribution in [3.63, 3.8) is 0 Å². The number of aromatic nitrogens is 2. The van der Waals surface area contributed by atoms with E-state index in [1.807, 2.05) is 19.2 Å². The van der Waals surface area contributed by atoms with Gasteiger partial charge in [0.2, 0.25) is 0 Å². The van der Waals surface area contributed by atoms with E-state index in [2.05, 4.69) is 16.9 Å². The average molecular weight is 251 g/mol. The van der Waals surface area contributed by atoms with Gasteiger partial charge in [-0.2, -0.15) is 0 Å². The summed E-state index contributed by atoms with van der Waals surface area (Å²) in [6.45, 7) is 4.27.